The van der Waals surface area contributed by atoms with Crippen molar-refractivity contribution >= 4 is 15.8 Å². The maximum absolute atomic E-state index is 11.9. The quantitative estimate of drug-likeness (QED) is 0.452. The summed E-state index contributed by atoms with van der Waals surface area (Å²) >= 11 is 0. The average Bonchev–Trinajstić information content (AvgIpc) is 2.40. The lowest BCUT2D eigenvalue weighted by atomic mass is 10.1. The Morgan fingerprint density at radius 1 is 1.18 bits per heavy atom. The van der Waals surface area contributed by atoms with Gasteiger partial charge >= 0.3 is 0 Å². The predicted octanol–water partition coefficient (Wildman–Crippen LogP) is -0.868. The molecule has 7 nitrogen and oxygen atoms in total. The van der Waals surface area contributed by atoms with Gasteiger partial charge < -0.3 is 15.1 Å². The SMILES string of the molecule is C=C(C)C(=O)C(CN(C)CCN(C)CCNS(C)(=O)=O)NC. The summed E-state index contributed by atoms with van der Waals surface area (Å²) in [6.07, 6.45) is 1.15. The van der Waals surface area contributed by atoms with Crippen LogP contribution < -0.4 is 10.0 Å². The number of sulfonamides is 1. The van der Waals surface area contributed by atoms with Crippen molar-refractivity contribution in [2.45, 2.75) is 13.0 Å². The molecule has 1 unspecified atom stereocenters. The summed E-state index contributed by atoms with van der Waals surface area (Å²) in [4.78, 5) is 16.0. The molecule has 0 bridgehead atoms. The maximum Gasteiger partial charge on any atom is 0.208 e. The summed E-state index contributed by atoms with van der Waals surface area (Å²) in [7, 11) is 2.53. The summed E-state index contributed by atoms with van der Waals surface area (Å²) in [5.74, 6) is 0.0278. The number of ketones is 1. The topological polar surface area (TPSA) is 81.8 Å². The Bertz CT molecular complexity index is 465. The Kier molecular flexibility index (Phi) is 9.70. The molecule has 0 spiro atoms. The molecule has 0 fully saturated rings. The molecule has 0 aliphatic rings. The van der Waals surface area contributed by atoms with Gasteiger partial charge in [-0.25, -0.2) is 13.1 Å². The van der Waals surface area contributed by atoms with Crippen molar-refractivity contribution in [3.8, 4) is 0 Å². The van der Waals surface area contributed by atoms with Crippen LogP contribution in [0.15, 0.2) is 12.2 Å². The third kappa shape index (κ3) is 10.0. The fraction of sp³-hybridized carbons (Fsp3) is 0.786. The lowest BCUT2D eigenvalue weighted by Gasteiger charge is -2.25. The fourth-order valence-electron chi connectivity index (χ4n) is 1.88. The largest absolute Gasteiger partial charge is 0.309 e. The van der Waals surface area contributed by atoms with Gasteiger partial charge in [0.1, 0.15) is 0 Å². The fourth-order valence-corrected chi connectivity index (χ4v) is 2.34. The molecule has 0 aromatic heterocycles. The van der Waals surface area contributed by atoms with Crippen LogP contribution in [0.5, 0.6) is 0 Å². The molecule has 22 heavy (non-hydrogen) atoms. The van der Waals surface area contributed by atoms with E-state index in [0.717, 1.165) is 19.3 Å². The predicted molar refractivity (Wildman–Crippen MR) is 90.5 cm³/mol. The van der Waals surface area contributed by atoms with Crippen LogP contribution in [-0.2, 0) is 14.8 Å². The molecule has 0 aliphatic carbocycles. The minimum atomic E-state index is -3.13. The molecule has 0 aromatic carbocycles. The highest BCUT2D eigenvalue weighted by Crippen LogP contribution is 1.99. The first-order chi connectivity index (χ1) is 10.1. The Morgan fingerprint density at radius 2 is 1.73 bits per heavy atom. The smallest absolute Gasteiger partial charge is 0.208 e. The Hall–Kier alpha value is -0.800. The van der Waals surface area contributed by atoms with Crippen LogP contribution in [0, 0.1) is 0 Å². The number of carbonyl (C=O) groups is 1. The molecular weight excluding hydrogens is 304 g/mol. The monoisotopic (exact) mass is 334 g/mol. The van der Waals surface area contributed by atoms with Crippen LogP contribution >= 0.6 is 0 Å². The van der Waals surface area contributed by atoms with Crippen LogP contribution in [-0.4, -0.2) is 90.2 Å². The molecule has 2 N–H and O–H groups in total. The first-order valence-electron chi connectivity index (χ1n) is 7.25. The van der Waals surface area contributed by atoms with Crippen LogP contribution in [0.1, 0.15) is 6.92 Å². The zero-order valence-electron chi connectivity index (χ0n) is 14.3. The Balaban J connectivity index is 4.08. The van der Waals surface area contributed by atoms with Gasteiger partial charge in [-0.15, -0.1) is 0 Å². The van der Waals surface area contributed by atoms with E-state index in [0.29, 0.717) is 25.2 Å². The summed E-state index contributed by atoms with van der Waals surface area (Å²) in [5, 5.41) is 3.01. The number of nitrogens with one attached hydrogen (secondary N) is 2. The Labute approximate surface area is 134 Å². The highest BCUT2D eigenvalue weighted by molar-refractivity contribution is 7.88. The minimum absolute atomic E-state index is 0.0278. The number of carbonyl (C=O) groups excluding carboxylic acids is 1. The lowest BCUT2D eigenvalue weighted by molar-refractivity contribution is -0.117. The van der Waals surface area contributed by atoms with Crippen molar-refractivity contribution in [1.82, 2.24) is 19.8 Å². The normalized spacial score (nSPS) is 13.6. The Morgan fingerprint density at radius 3 is 2.18 bits per heavy atom. The van der Waals surface area contributed by atoms with Gasteiger partial charge in [-0.2, -0.15) is 0 Å². The lowest BCUT2D eigenvalue weighted by Crippen LogP contribution is -2.45. The number of nitrogens with zero attached hydrogens (tertiary/aromatic N) is 2. The van der Waals surface area contributed by atoms with Crippen molar-refractivity contribution in [3.63, 3.8) is 0 Å². The third-order valence-electron chi connectivity index (χ3n) is 3.30. The molecule has 0 aliphatic heterocycles. The van der Waals surface area contributed by atoms with E-state index < -0.39 is 10.0 Å². The van der Waals surface area contributed by atoms with Gasteiger partial charge in [0, 0.05) is 32.7 Å². The molecule has 0 rings (SSSR count). The van der Waals surface area contributed by atoms with Crippen LogP contribution in [0.2, 0.25) is 0 Å². The van der Waals surface area contributed by atoms with E-state index in [9.17, 15) is 13.2 Å². The van der Waals surface area contributed by atoms with Gasteiger partial charge in [-0.3, -0.25) is 4.79 Å². The molecule has 1 atom stereocenters. The van der Waals surface area contributed by atoms with Gasteiger partial charge in [0.2, 0.25) is 10.0 Å². The minimum Gasteiger partial charge on any atom is -0.309 e. The summed E-state index contributed by atoms with van der Waals surface area (Å²) in [6.45, 7) is 8.63. The molecule has 130 valence electrons. The molecular formula is C14H30N4O3S. The van der Waals surface area contributed by atoms with E-state index >= 15 is 0 Å². The van der Waals surface area contributed by atoms with E-state index in [1.807, 2.05) is 19.0 Å². The number of Topliss-reactive ketones (excluding diaryl/α,β-unsaturated/α-hetero) is 1. The van der Waals surface area contributed by atoms with Crippen LogP contribution in [0.4, 0.5) is 0 Å². The van der Waals surface area contributed by atoms with E-state index in [4.69, 9.17) is 0 Å². The number of rotatable bonds is 12. The van der Waals surface area contributed by atoms with Gasteiger partial charge in [-0.05, 0) is 33.6 Å². The molecule has 0 heterocycles. The molecule has 0 aromatic rings. The van der Waals surface area contributed by atoms with E-state index in [1.54, 1.807) is 14.0 Å². The standard InChI is InChI=1S/C14H30N4O3S/c1-12(2)14(19)13(15-3)11-18(5)10-9-17(4)8-7-16-22(6,20)21/h13,15-16H,1,7-11H2,2-6H3. The highest BCUT2D eigenvalue weighted by Gasteiger charge is 2.18. The number of hydrogen-bond donors (Lipinski definition) is 2. The summed E-state index contributed by atoms with van der Waals surface area (Å²) < 4.78 is 24.4. The van der Waals surface area contributed by atoms with Gasteiger partial charge in [0.15, 0.2) is 5.78 Å². The third-order valence-corrected chi connectivity index (χ3v) is 4.03. The second kappa shape index (κ2) is 10.1. The first-order valence-corrected chi connectivity index (χ1v) is 9.14. The molecule has 8 heteroatoms. The van der Waals surface area contributed by atoms with Gasteiger partial charge in [0.25, 0.3) is 0 Å². The van der Waals surface area contributed by atoms with Crippen molar-refractivity contribution < 1.29 is 13.2 Å². The van der Waals surface area contributed by atoms with Crippen molar-refractivity contribution in [3.05, 3.63) is 12.2 Å². The molecule has 0 radical (unpaired) electrons. The molecule has 0 amide bonds. The van der Waals surface area contributed by atoms with Crippen molar-refractivity contribution in [2.24, 2.45) is 0 Å². The van der Waals surface area contributed by atoms with Gasteiger partial charge in [0.05, 0.1) is 12.3 Å². The molecule has 0 saturated heterocycles. The van der Waals surface area contributed by atoms with Crippen molar-refractivity contribution in [2.75, 3.05) is 60.1 Å². The second-order valence-electron chi connectivity index (χ2n) is 5.72. The maximum atomic E-state index is 11.9. The summed E-state index contributed by atoms with van der Waals surface area (Å²) in [5.41, 5.74) is 0.553. The zero-order chi connectivity index (χ0) is 17.3. The van der Waals surface area contributed by atoms with Crippen LogP contribution in [0.3, 0.4) is 0 Å². The number of hydrogen-bond acceptors (Lipinski definition) is 6. The van der Waals surface area contributed by atoms with E-state index in [1.165, 1.54) is 0 Å². The first kappa shape index (κ1) is 21.2. The van der Waals surface area contributed by atoms with E-state index in [-0.39, 0.29) is 11.8 Å². The van der Waals surface area contributed by atoms with Crippen molar-refractivity contribution in [1.29, 1.82) is 0 Å². The molecule has 0 saturated carbocycles. The zero-order valence-corrected chi connectivity index (χ0v) is 15.2. The average molecular weight is 334 g/mol. The second-order valence-corrected chi connectivity index (χ2v) is 7.55. The van der Waals surface area contributed by atoms with Crippen LogP contribution in [0.25, 0.3) is 0 Å². The van der Waals surface area contributed by atoms with Gasteiger partial charge in [-0.1, -0.05) is 6.58 Å². The number of likely N-dealkylation sites (N-methyl/N-ethyl adjacent to an activating group) is 3. The van der Waals surface area contributed by atoms with E-state index in [2.05, 4.69) is 21.5 Å². The summed E-state index contributed by atoms with van der Waals surface area (Å²) in [6, 6.07) is -0.250. The highest BCUT2D eigenvalue weighted by atomic mass is 32.2.